The van der Waals surface area contributed by atoms with Gasteiger partial charge in [-0.15, -0.1) is 0 Å². The molecule has 0 N–H and O–H groups in total. The number of benzene rings is 3. The van der Waals surface area contributed by atoms with Gasteiger partial charge in [0.1, 0.15) is 6.61 Å². The second-order valence-corrected chi connectivity index (χ2v) is 9.73. The summed E-state index contributed by atoms with van der Waals surface area (Å²) < 4.78 is 35.2. The maximum atomic E-state index is 14.8. The molecule has 3 aromatic carbocycles. The first-order chi connectivity index (χ1) is 16.6. The van der Waals surface area contributed by atoms with E-state index < -0.39 is 11.6 Å². The number of halogens is 2. The molecule has 1 aliphatic rings. The highest BCUT2D eigenvalue weighted by molar-refractivity contribution is 5.65. The predicted octanol–water partition coefficient (Wildman–Crippen LogP) is 9.24. The van der Waals surface area contributed by atoms with Gasteiger partial charge in [0.2, 0.25) is 5.82 Å². The SMILES string of the molecule is CCCCC1CCC(c2ccc(COc3ccc(-c4ccc(CCC)cc4)c(F)c3F)cc2)C1. The fraction of sp³-hybridized carbons (Fsp3) is 0.419. The smallest absolute Gasteiger partial charge is 0.201 e. The molecule has 0 saturated heterocycles. The van der Waals surface area contributed by atoms with Crippen LogP contribution in [0.15, 0.2) is 60.7 Å². The standard InChI is InChI=1S/C31H36F2O/c1-3-5-7-23-10-17-27(20-23)25-13-11-24(12-14-25)21-34-29-19-18-28(30(32)31(29)33)26-15-8-22(6-4-2)9-16-26/h8-9,11-16,18-19,23,27H,3-7,10,17,20-21H2,1-2H3. The Balaban J connectivity index is 1.37. The Labute approximate surface area is 203 Å². The van der Waals surface area contributed by atoms with E-state index in [-0.39, 0.29) is 17.9 Å². The van der Waals surface area contributed by atoms with E-state index >= 15 is 0 Å². The molecule has 1 nitrogen and oxygen atoms in total. The lowest BCUT2D eigenvalue weighted by Crippen LogP contribution is -2.01. The fourth-order valence-electron chi connectivity index (χ4n) is 5.19. The zero-order valence-electron chi connectivity index (χ0n) is 20.5. The van der Waals surface area contributed by atoms with E-state index in [0.717, 1.165) is 24.3 Å². The minimum Gasteiger partial charge on any atom is -0.486 e. The van der Waals surface area contributed by atoms with Gasteiger partial charge in [0.05, 0.1) is 0 Å². The Hall–Kier alpha value is -2.68. The molecule has 2 unspecified atom stereocenters. The third kappa shape index (κ3) is 5.87. The zero-order valence-corrected chi connectivity index (χ0v) is 20.5. The van der Waals surface area contributed by atoms with Crippen molar-refractivity contribution < 1.29 is 13.5 Å². The third-order valence-corrected chi connectivity index (χ3v) is 7.20. The Morgan fingerprint density at radius 3 is 2.24 bits per heavy atom. The maximum Gasteiger partial charge on any atom is 0.201 e. The van der Waals surface area contributed by atoms with Crippen LogP contribution in [0.4, 0.5) is 8.78 Å². The summed E-state index contributed by atoms with van der Waals surface area (Å²) in [5.74, 6) is -0.344. The summed E-state index contributed by atoms with van der Waals surface area (Å²) in [7, 11) is 0. The molecule has 1 aliphatic carbocycles. The van der Waals surface area contributed by atoms with Crippen LogP contribution in [0.25, 0.3) is 11.1 Å². The van der Waals surface area contributed by atoms with E-state index in [0.29, 0.717) is 11.5 Å². The lowest BCUT2D eigenvalue weighted by Gasteiger charge is -2.13. The maximum absolute atomic E-state index is 14.8. The van der Waals surface area contributed by atoms with Crippen LogP contribution in [0.2, 0.25) is 0 Å². The lowest BCUT2D eigenvalue weighted by molar-refractivity contribution is 0.285. The highest BCUT2D eigenvalue weighted by atomic mass is 19.2. The van der Waals surface area contributed by atoms with Crippen molar-refractivity contribution in [1.29, 1.82) is 0 Å². The lowest BCUT2D eigenvalue weighted by atomic mass is 9.94. The number of hydrogen-bond donors (Lipinski definition) is 0. The molecule has 0 amide bonds. The van der Waals surface area contributed by atoms with E-state index in [2.05, 4.69) is 38.1 Å². The second-order valence-electron chi connectivity index (χ2n) is 9.73. The Morgan fingerprint density at radius 1 is 0.794 bits per heavy atom. The molecule has 0 bridgehead atoms. The largest absolute Gasteiger partial charge is 0.486 e. The van der Waals surface area contributed by atoms with E-state index in [1.165, 1.54) is 55.7 Å². The van der Waals surface area contributed by atoms with Gasteiger partial charge in [-0.25, -0.2) is 4.39 Å². The molecule has 0 spiro atoms. The first kappa shape index (κ1) is 24.4. The van der Waals surface area contributed by atoms with E-state index in [1.54, 1.807) is 6.07 Å². The van der Waals surface area contributed by atoms with E-state index in [4.69, 9.17) is 4.74 Å². The van der Waals surface area contributed by atoms with Gasteiger partial charge in [-0.3, -0.25) is 0 Å². The van der Waals surface area contributed by atoms with Crippen LogP contribution in [-0.2, 0) is 13.0 Å². The molecule has 0 radical (unpaired) electrons. The summed E-state index contributed by atoms with van der Waals surface area (Å²) in [5, 5.41) is 0. The van der Waals surface area contributed by atoms with Crippen molar-refractivity contribution >= 4 is 0 Å². The first-order valence-electron chi connectivity index (χ1n) is 12.9. The van der Waals surface area contributed by atoms with E-state index in [1.807, 2.05) is 24.3 Å². The Morgan fingerprint density at radius 2 is 1.53 bits per heavy atom. The van der Waals surface area contributed by atoms with Gasteiger partial charge in [0.25, 0.3) is 0 Å². The second kappa shape index (κ2) is 11.6. The van der Waals surface area contributed by atoms with Gasteiger partial charge in [-0.1, -0.05) is 88.1 Å². The average molecular weight is 463 g/mol. The van der Waals surface area contributed by atoms with Crippen LogP contribution < -0.4 is 4.74 Å². The highest BCUT2D eigenvalue weighted by Gasteiger charge is 2.25. The van der Waals surface area contributed by atoms with Crippen LogP contribution >= 0.6 is 0 Å². The summed E-state index contributed by atoms with van der Waals surface area (Å²) in [6.45, 7) is 4.59. The normalized spacial score (nSPS) is 17.8. The Kier molecular flexibility index (Phi) is 8.37. The van der Waals surface area contributed by atoms with Crippen molar-refractivity contribution in [2.45, 2.75) is 77.7 Å². The number of unbranched alkanes of at least 4 members (excludes halogenated alkanes) is 1. The molecule has 3 heteroatoms. The van der Waals surface area contributed by atoms with Crippen molar-refractivity contribution in [2.24, 2.45) is 5.92 Å². The third-order valence-electron chi connectivity index (χ3n) is 7.20. The monoisotopic (exact) mass is 462 g/mol. The molecule has 2 atom stereocenters. The zero-order chi connectivity index (χ0) is 23.9. The average Bonchev–Trinajstić information content (AvgIpc) is 3.34. The molecule has 34 heavy (non-hydrogen) atoms. The molecule has 0 aliphatic heterocycles. The summed E-state index contributed by atoms with van der Waals surface area (Å²) >= 11 is 0. The van der Waals surface area contributed by atoms with Crippen LogP contribution in [0.1, 0.15) is 81.4 Å². The topological polar surface area (TPSA) is 9.23 Å². The fourth-order valence-corrected chi connectivity index (χ4v) is 5.19. The summed E-state index contributed by atoms with van der Waals surface area (Å²) in [5.41, 5.74) is 4.46. The van der Waals surface area contributed by atoms with Crippen molar-refractivity contribution in [1.82, 2.24) is 0 Å². The van der Waals surface area contributed by atoms with Crippen molar-refractivity contribution in [3.63, 3.8) is 0 Å². The van der Waals surface area contributed by atoms with Gasteiger partial charge in [-0.05, 0) is 71.9 Å². The molecule has 1 saturated carbocycles. The molecule has 1 fully saturated rings. The van der Waals surface area contributed by atoms with Gasteiger partial charge >= 0.3 is 0 Å². The molecular formula is C31H36F2O. The van der Waals surface area contributed by atoms with Gasteiger partial charge in [-0.2, -0.15) is 4.39 Å². The quantitative estimate of drug-likeness (QED) is 0.292. The van der Waals surface area contributed by atoms with Crippen LogP contribution in [0, 0.1) is 17.6 Å². The molecule has 4 rings (SSSR count). The predicted molar refractivity (Wildman–Crippen MR) is 136 cm³/mol. The molecule has 3 aromatic rings. The Bertz CT molecular complexity index is 1060. The molecule has 0 heterocycles. The van der Waals surface area contributed by atoms with Gasteiger partial charge in [0.15, 0.2) is 11.6 Å². The minimum absolute atomic E-state index is 0.0533. The van der Waals surface area contributed by atoms with E-state index in [9.17, 15) is 8.78 Å². The van der Waals surface area contributed by atoms with Gasteiger partial charge in [0, 0.05) is 5.56 Å². The van der Waals surface area contributed by atoms with Crippen molar-refractivity contribution in [3.8, 4) is 16.9 Å². The van der Waals surface area contributed by atoms with Crippen LogP contribution in [0.3, 0.4) is 0 Å². The minimum atomic E-state index is -0.934. The number of rotatable bonds is 10. The van der Waals surface area contributed by atoms with Crippen LogP contribution in [-0.4, -0.2) is 0 Å². The van der Waals surface area contributed by atoms with Crippen molar-refractivity contribution in [2.75, 3.05) is 0 Å². The molecule has 0 aromatic heterocycles. The van der Waals surface area contributed by atoms with Gasteiger partial charge < -0.3 is 4.74 Å². The number of aryl methyl sites for hydroxylation is 1. The molecule has 180 valence electrons. The summed E-state index contributed by atoms with van der Waals surface area (Å²) in [4.78, 5) is 0. The number of ether oxygens (including phenoxy) is 1. The van der Waals surface area contributed by atoms with Crippen LogP contribution in [0.5, 0.6) is 5.75 Å². The first-order valence-corrected chi connectivity index (χ1v) is 12.9. The highest BCUT2D eigenvalue weighted by Crippen LogP contribution is 2.40. The summed E-state index contributed by atoms with van der Waals surface area (Å²) in [6.07, 6.45) is 9.87. The summed E-state index contributed by atoms with van der Waals surface area (Å²) in [6, 6.07) is 19.2. The number of hydrogen-bond acceptors (Lipinski definition) is 1. The molecular weight excluding hydrogens is 426 g/mol. The van der Waals surface area contributed by atoms with Crippen molar-refractivity contribution in [3.05, 3.63) is 89.0 Å².